The van der Waals surface area contributed by atoms with E-state index in [0.29, 0.717) is 0 Å². The third kappa shape index (κ3) is 5.04. The number of hydrogen-bond acceptors (Lipinski definition) is 0. The van der Waals surface area contributed by atoms with E-state index in [-0.39, 0.29) is 5.54 Å². The normalized spacial score (nSPS) is 12.0. The van der Waals surface area contributed by atoms with E-state index >= 15 is 0 Å². The monoisotopic (exact) mass is 753 g/mol. The van der Waals surface area contributed by atoms with Crippen LogP contribution in [0, 0.1) is 0 Å². The van der Waals surface area contributed by atoms with Gasteiger partial charge in [0.1, 0.15) is 0 Å². The highest BCUT2D eigenvalue weighted by atomic mass is 127. The number of nitrogens with zero attached hydrogens (tertiary/aromatic N) is 1. The molecule has 240 valence electrons. The second kappa shape index (κ2) is 12.3. The molecule has 0 amide bonds. The fourth-order valence-electron chi connectivity index (χ4n) is 7.90. The molecule has 1 aromatic heterocycles. The summed E-state index contributed by atoms with van der Waals surface area (Å²) in [6, 6.07) is 62.5. The molecule has 0 aliphatic carbocycles. The van der Waals surface area contributed by atoms with Crippen LogP contribution in [0.2, 0.25) is 0 Å². The van der Waals surface area contributed by atoms with Gasteiger partial charge in [-0.25, -0.2) is 0 Å². The van der Waals surface area contributed by atoms with Crippen LogP contribution < -0.4 is 0 Å². The molecule has 9 aromatic rings. The van der Waals surface area contributed by atoms with Crippen molar-refractivity contribution in [2.75, 3.05) is 4.43 Å². The number of fused-ring (bicyclic) bond motifs is 5. The van der Waals surface area contributed by atoms with E-state index in [2.05, 4.69) is 211 Å². The molecular formula is C48H36IN. The van der Waals surface area contributed by atoms with Crippen LogP contribution in [-0.2, 0) is 5.54 Å². The molecule has 0 unspecified atom stereocenters. The summed E-state index contributed by atoms with van der Waals surface area (Å²) in [5.41, 5.74) is 12.6. The lowest BCUT2D eigenvalue weighted by molar-refractivity contribution is 0.440. The molecule has 2 heteroatoms. The van der Waals surface area contributed by atoms with Crippen LogP contribution in [0.3, 0.4) is 0 Å². The second-order valence-corrected chi connectivity index (χ2v) is 14.7. The first-order chi connectivity index (χ1) is 24.5. The van der Waals surface area contributed by atoms with E-state index in [1.807, 2.05) is 0 Å². The molecule has 1 nitrogen and oxygen atoms in total. The summed E-state index contributed by atoms with van der Waals surface area (Å²) in [4.78, 5) is 0. The highest BCUT2D eigenvalue weighted by Gasteiger charge is 2.24. The van der Waals surface area contributed by atoms with Crippen LogP contribution in [0.5, 0.6) is 0 Å². The van der Waals surface area contributed by atoms with Gasteiger partial charge in [0, 0.05) is 31.8 Å². The minimum absolute atomic E-state index is 0.0117. The van der Waals surface area contributed by atoms with Crippen LogP contribution in [-0.4, -0.2) is 8.99 Å². The molecule has 0 aliphatic rings. The largest absolute Gasteiger partial charge is 0.334 e. The summed E-state index contributed by atoms with van der Waals surface area (Å²) in [5.74, 6) is 0. The molecule has 0 N–H and O–H groups in total. The summed E-state index contributed by atoms with van der Waals surface area (Å²) >= 11 is 2.52. The smallest absolute Gasteiger partial charge is 0.0497 e. The van der Waals surface area contributed by atoms with Crippen LogP contribution in [0.25, 0.3) is 87.9 Å². The zero-order valence-corrected chi connectivity index (χ0v) is 30.4. The number of benzene rings is 8. The Bertz CT molecular complexity index is 2620. The topological polar surface area (TPSA) is 4.93 Å². The molecule has 0 radical (unpaired) electrons. The van der Waals surface area contributed by atoms with Gasteiger partial charge in [0.05, 0.1) is 0 Å². The molecule has 0 saturated heterocycles. The fourth-order valence-corrected chi connectivity index (χ4v) is 8.25. The average Bonchev–Trinajstić information content (AvgIpc) is 3.52. The summed E-state index contributed by atoms with van der Waals surface area (Å²) in [6.07, 6.45) is 0. The summed E-state index contributed by atoms with van der Waals surface area (Å²) in [7, 11) is 0. The zero-order chi connectivity index (χ0) is 33.8. The van der Waals surface area contributed by atoms with Gasteiger partial charge in [0.25, 0.3) is 0 Å². The van der Waals surface area contributed by atoms with Crippen molar-refractivity contribution in [3.05, 3.63) is 170 Å². The fraction of sp³-hybridized carbons (Fsp3) is 0.0833. The molecule has 8 aromatic carbocycles. The molecule has 1 heterocycles. The van der Waals surface area contributed by atoms with Crippen molar-refractivity contribution in [3.63, 3.8) is 0 Å². The van der Waals surface area contributed by atoms with Crippen molar-refractivity contribution in [2.45, 2.75) is 19.4 Å². The van der Waals surface area contributed by atoms with E-state index in [0.717, 1.165) is 4.43 Å². The summed E-state index contributed by atoms with van der Waals surface area (Å²) < 4.78 is 3.56. The summed E-state index contributed by atoms with van der Waals surface area (Å²) in [6.45, 7) is 4.67. The Morgan fingerprint density at radius 3 is 1.28 bits per heavy atom. The Hall–Kier alpha value is -5.19. The van der Waals surface area contributed by atoms with Gasteiger partial charge < -0.3 is 4.57 Å². The molecule has 0 bridgehead atoms. The van der Waals surface area contributed by atoms with Gasteiger partial charge in [0.15, 0.2) is 0 Å². The Morgan fingerprint density at radius 2 is 0.760 bits per heavy atom. The second-order valence-electron chi connectivity index (χ2n) is 13.9. The third-order valence-corrected chi connectivity index (χ3v) is 12.2. The quantitative estimate of drug-likeness (QED) is 0.0905. The average molecular weight is 754 g/mol. The van der Waals surface area contributed by atoms with Crippen LogP contribution in [0.4, 0.5) is 0 Å². The number of para-hydroxylation sites is 1. The Labute approximate surface area is 307 Å². The standard InChI is InChI=1S/C48H36IN/c1-48(2,31-49)50-44-19-11-10-14-38(44)43-30-37(28-29-45(43)50)34-22-26-36(27-23-34)47-41-17-8-6-15-39(41)46(40-16-7-9-18-42(40)47)35-24-20-33(21-25-35)32-12-4-3-5-13-32/h3-30H,31H2,1-2H3. The Balaban J connectivity index is 1.16. The predicted molar refractivity (Wildman–Crippen MR) is 224 cm³/mol. The Kier molecular flexibility index (Phi) is 7.58. The van der Waals surface area contributed by atoms with Gasteiger partial charge in [-0.15, -0.1) is 0 Å². The maximum atomic E-state index is 2.52. The number of aromatic nitrogens is 1. The van der Waals surface area contributed by atoms with E-state index in [4.69, 9.17) is 0 Å². The molecular weight excluding hydrogens is 717 g/mol. The lowest BCUT2D eigenvalue weighted by Gasteiger charge is -2.27. The van der Waals surface area contributed by atoms with E-state index in [1.165, 1.54) is 87.9 Å². The molecule has 0 fully saturated rings. The minimum atomic E-state index is 0.0117. The number of halogens is 1. The Morgan fingerprint density at radius 1 is 0.380 bits per heavy atom. The molecule has 0 spiro atoms. The predicted octanol–water partition coefficient (Wildman–Crippen LogP) is 13.9. The number of alkyl halides is 1. The van der Waals surface area contributed by atoms with Crippen molar-refractivity contribution in [1.29, 1.82) is 0 Å². The van der Waals surface area contributed by atoms with Gasteiger partial charge in [0.2, 0.25) is 0 Å². The first-order valence-corrected chi connectivity index (χ1v) is 18.8. The van der Waals surface area contributed by atoms with Crippen LogP contribution >= 0.6 is 22.6 Å². The number of rotatable bonds is 6. The maximum absolute atomic E-state index is 2.52. The van der Waals surface area contributed by atoms with Crippen LogP contribution in [0.15, 0.2) is 170 Å². The summed E-state index contributed by atoms with van der Waals surface area (Å²) in [5, 5.41) is 7.71. The highest BCUT2D eigenvalue weighted by Crippen LogP contribution is 2.44. The van der Waals surface area contributed by atoms with Gasteiger partial charge in [-0.1, -0.05) is 174 Å². The van der Waals surface area contributed by atoms with Gasteiger partial charge in [-0.2, -0.15) is 0 Å². The van der Waals surface area contributed by atoms with Gasteiger partial charge in [-0.05, 0) is 98.1 Å². The van der Waals surface area contributed by atoms with Crippen LogP contribution in [0.1, 0.15) is 13.8 Å². The van der Waals surface area contributed by atoms with E-state index in [1.54, 1.807) is 0 Å². The molecule has 0 aliphatic heterocycles. The van der Waals surface area contributed by atoms with Crippen molar-refractivity contribution in [2.24, 2.45) is 0 Å². The van der Waals surface area contributed by atoms with E-state index < -0.39 is 0 Å². The molecule has 9 rings (SSSR count). The molecule has 0 saturated carbocycles. The van der Waals surface area contributed by atoms with Crippen molar-refractivity contribution >= 4 is 65.9 Å². The lowest BCUT2D eigenvalue weighted by atomic mass is 9.85. The first-order valence-electron chi connectivity index (χ1n) is 17.3. The highest BCUT2D eigenvalue weighted by molar-refractivity contribution is 14.1. The zero-order valence-electron chi connectivity index (χ0n) is 28.2. The maximum Gasteiger partial charge on any atom is 0.0497 e. The van der Waals surface area contributed by atoms with Crippen molar-refractivity contribution in [1.82, 2.24) is 4.57 Å². The number of hydrogen-bond donors (Lipinski definition) is 0. The van der Waals surface area contributed by atoms with Crippen molar-refractivity contribution in [3.8, 4) is 44.5 Å². The molecule has 0 atom stereocenters. The third-order valence-electron chi connectivity index (χ3n) is 10.3. The van der Waals surface area contributed by atoms with Gasteiger partial charge >= 0.3 is 0 Å². The van der Waals surface area contributed by atoms with E-state index in [9.17, 15) is 0 Å². The SMILES string of the molecule is CC(C)(CI)n1c2ccccc2c2cc(-c3ccc(-c4c5ccccc5c(-c5ccc(-c6ccccc6)cc5)c5ccccc45)cc3)ccc21. The molecule has 50 heavy (non-hydrogen) atoms. The van der Waals surface area contributed by atoms with Crippen molar-refractivity contribution < 1.29 is 0 Å². The minimum Gasteiger partial charge on any atom is -0.334 e. The van der Waals surface area contributed by atoms with Gasteiger partial charge in [-0.3, -0.25) is 0 Å². The first kappa shape index (κ1) is 30.8. The lowest BCUT2D eigenvalue weighted by Crippen LogP contribution is -2.27.